The molecular formula is C9H13F2N3O2S. The Morgan fingerprint density at radius 1 is 1.59 bits per heavy atom. The quantitative estimate of drug-likeness (QED) is 0.799. The number of halogens is 2. The number of aromatic nitrogens is 2. The first-order valence-corrected chi connectivity index (χ1v) is 5.89. The molecule has 1 aromatic heterocycles. The van der Waals surface area contributed by atoms with E-state index in [0.29, 0.717) is 17.0 Å². The van der Waals surface area contributed by atoms with E-state index in [9.17, 15) is 13.6 Å². The fourth-order valence-electron chi connectivity index (χ4n) is 1.15. The average molecular weight is 265 g/mol. The van der Waals surface area contributed by atoms with E-state index in [2.05, 4.69) is 14.9 Å². The van der Waals surface area contributed by atoms with Crippen molar-refractivity contribution < 1.29 is 18.7 Å². The number of alkyl halides is 2. The average Bonchev–Trinajstić information content (AvgIpc) is 2.74. The van der Waals surface area contributed by atoms with E-state index in [-0.39, 0.29) is 0 Å². The molecule has 1 unspecified atom stereocenters. The van der Waals surface area contributed by atoms with Gasteiger partial charge in [0.15, 0.2) is 0 Å². The van der Waals surface area contributed by atoms with Gasteiger partial charge in [-0.3, -0.25) is 4.79 Å². The van der Waals surface area contributed by atoms with Gasteiger partial charge in [-0.1, -0.05) is 17.8 Å². The second-order valence-electron chi connectivity index (χ2n) is 3.41. The highest BCUT2D eigenvalue weighted by atomic mass is 32.1. The summed E-state index contributed by atoms with van der Waals surface area (Å²) in [5, 5.41) is 14.9. The SMILES string of the molecule is CCCc1nnsc1C(=O)NCC(O)C(F)F. The van der Waals surface area contributed by atoms with Crippen molar-refractivity contribution in [1.82, 2.24) is 14.9 Å². The molecule has 0 bridgehead atoms. The van der Waals surface area contributed by atoms with Crippen LogP contribution < -0.4 is 5.32 Å². The first-order chi connectivity index (χ1) is 8.06. The predicted octanol–water partition coefficient (Wildman–Crippen LogP) is 0.846. The number of aryl methyl sites for hydroxylation is 1. The van der Waals surface area contributed by atoms with E-state index in [1.54, 1.807) is 0 Å². The van der Waals surface area contributed by atoms with E-state index in [1.165, 1.54) is 0 Å². The maximum Gasteiger partial charge on any atom is 0.265 e. The van der Waals surface area contributed by atoms with Crippen LogP contribution in [-0.2, 0) is 6.42 Å². The van der Waals surface area contributed by atoms with E-state index < -0.39 is 25.0 Å². The summed E-state index contributed by atoms with van der Waals surface area (Å²) in [6.45, 7) is 1.45. The van der Waals surface area contributed by atoms with Crippen molar-refractivity contribution in [3.63, 3.8) is 0 Å². The highest BCUT2D eigenvalue weighted by molar-refractivity contribution is 7.08. The monoisotopic (exact) mass is 265 g/mol. The maximum absolute atomic E-state index is 12.0. The van der Waals surface area contributed by atoms with Gasteiger partial charge >= 0.3 is 0 Å². The summed E-state index contributed by atoms with van der Waals surface area (Å²) in [6.07, 6.45) is -3.30. The molecule has 0 spiro atoms. The van der Waals surface area contributed by atoms with E-state index in [4.69, 9.17) is 5.11 Å². The van der Waals surface area contributed by atoms with Crippen molar-refractivity contribution in [3.8, 4) is 0 Å². The molecule has 17 heavy (non-hydrogen) atoms. The molecule has 8 heteroatoms. The summed E-state index contributed by atoms with van der Waals surface area (Å²) < 4.78 is 27.6. The number of carbonyl (C=O) groups is 1. The molecular weight excluding hydrogens is 252 g/mol. The fourth-order valence-corrected chi connectivity index (χ4v) is 1.77. The molecule has 96 valence electrons. The number of aliphatic hydroxyl groups is 1. The van der Waals surface area contributed by atoms with E-state index >= 15 is 0 Å². The van der Waals surface area contributed by atoms with Crippen molar-refractivity contribution in [2.75, 3.05) is 6.54 Å². The van der Waals surface area contributed by atoms with Crippen LogP contribution in [0.4, 0.5) is 8.78 Å². The van der Waals surface area contributed by atoms with Crippen LogP contribution in [-0.4, -0.2) is 39.7 Å². The van der Waals surface area contributed by atoms with Gasteiger partial charge in [0.25, 0.3) is 12.3 Å². The molecule has 1 amide bonds. The Kier molecular flexibility index (Phi) is 5.36. The number of hydrogen-bond acceptors (Lipinski definition) is 5. The van der Waals surface area contributed by atoms with Gasteiger partial charge in [0.2, 0.25) is 0 Å². The molecule has 0 saturated heterocycles. The third-order valence-electron chi connectivity index (χ3n) is 2.01. The van der Waals surface area contributed by atoms with E-state index in [0.717, 1.165) is 18.0 Å². The molecule has 1 heterocycles. The van der Waals surface area contributed by atoms with Gasteiger partial charge in [-0.25, -0.2) is 8.78 Å². The highest BCUT2D eigenvalue weighted by Gasteiger charge is 2.20. The van der Waals surface area contributed by atoms with Crippen LogP contribution in [0.15, 0.2) is 0 Å². The Balaban J connectivity index is 2.55. The summed E-state index contributed by atoms with van der Waals surface area (Å²) in [7, 11) is 0. The van der Waals surface area contributed by atoms with Crippen molar-refractivity contribution in [2.24, 2.45) is 0 Å². The lowest BCUT2D eigenvalue weighted by Gasteiger charge is -2.09. The van der Waals surface area contributed by atoms with Gasteiger partial charge in [0, 0.05) is 6.54 Å². The van der Waals surface area contributed by atoms with Crippen LogP contribution in [0.25, 0.3) is 0 Å². The Labute approximate surface area is 101 Å². The van der Waals surface area contributed by atoms with Crippen LogP contribution in [0, 0.1) is 0 Å². The smallest absolute Gasteiger partial charge is 0.265 e. The number of amides is 1. The zero-order chi connectivity index (χ0) is 12.8. The summed E-state index contributed by atoms with van der Waals surface area (Å²) in [6, 6.07) is 0. The van der Waals surface area contributed by atoms with Crippen LogP contribution in [0.5, 0.6) is 0 Å². The number of rotatable bonds is 6. The van der Waals surface area contributed by atoms with Gasteiger partial charge in [0.1, 0.15) is 11.0 Å². The predicted molar refractivity (Wildman–Crippen MR) is 58.2 cm³/mol. The molecule has 0 aromatic carbocycles. The van der Waals surface area contributed by atoms with Crippen LogP contribution >= 0.6 is 11.5 Å². The Morgan fingerprint density at radius 2 is 2.29 bits per heavy atom. The van der Waals surface area contributed by atoms with Crippen molar-refractivity contribution in [2.45, 2.75) is 32.3 Å². The van der Waals surface area contributed by atoms with Crippen molar-refractivity contribution in [3.05, 3.63) is 10.6 Å². The molecule has 1 atom stereocenters. The third-order valence-corrected chi connectivity index (χ3v) is 2.78. The Morgan fingerprint density at radius 3 is 2.88 bits per heavy atom. The second-order valence-corrected chi connectivity index (χ2v) is 4.16. The minimum absolute atomic E-state index is 0.313. The van der Waals surface area contributed by atoms with Gasteiger partial charge in [-0.15, -0.1) is 5.10 Å². The molecule has 0 fully saturated rings. The van der Waals surface area contributed by atoms with Crippen molar-refractivity contribution in [1.29, 1.82) is 0 Å². The number of hydrogen-bond donors (Lipinski definition) is 2. The van der Waals surface area contributed by atoms with Gasteiger partial charge in [-0.05, 0) is 18.0 Å². The summed E-state index contributed by atoms with van der Waals surface area (Å²) in [5.74, 6) is -0.525. The Bertz CT molecular complexity index is 373. The van der Waals surface area contributed by atoms with E-state index in [1.807, 2.05) is 6.92 Å². The molecule has 0 aliphatic heterocycles. The standard InChI is InChI=1S/C9H13F2N3O2S/c1-2-3-5-7(17-14-13-5)9(16)12-4-6(15)8(10)11/h6,8,15H,2-4H2,1H3,(H,12,16). The first kappa shape index (κ1) is 13.9. The Hall–Kier alpha value is -1.15. The maximum atomic E-state index is 12.0. The summed E-state index contributed by atoms with van der Waals surface area (Å²) in [4.78, 5) is 11.9. The van der Waals surface area contributed by atoms with Gasteiger partial charge in [0.05, 0.1) is 5.69 Å². The lowest BCUT2D eigenvalue weighted by Crippen LogP contribution is -2.35. The highest BCUT2D eigenvalue weighted by Crippen LogP contribution is 2.12. The summed E-state index contributed by atoms with van der Waals surface area (Å²) in [5.41, 5.74) is 0.557. The largest absolute Gasteiger partial charge is 0.385 e. The molecule has 0 aliphatic carbocycles. The van der Waals surface area contributed by atoms with Crippen molar-refractivity contribution >= 4 is 17.4 Å². The zero-order valence-corrected chi connectivity index (χ0v) is 10.0. The second kappa shape index (κ2) is 6.55. The minimum Gasteiger partial charge on any atom is -0.385 e. The lowest BCUT2D eigenvalue weighted by molar-refractivity contribution is -0.00268. The first-order valence-electron chi connectivity index (χ1n) is 5.11. The number of nitrogens with one attached hydrogen (secondary N) is 1. The number of aliphatic hydroxyl groups excluding tert-OH is 1. The van der Waals surface area contributed by atoms with Crippen LogP contribution in [0.3, 0.4) is 0 Å². The topological polar surface area (TPSA) is 75.1 Å². The molecule has 1 rings (SSSR count). The molecule has 1 aromatic rings. The molecule has 0 aliphatic rings. The molecule has 0 radical (unpaired) electrons. The lowest BCUT2D eigenvalue weighted by atomic mass is 10.2. The van der Waals surface area contributed by atoms with Crippen LogP contribution in [0.1, 0.15) is 28.7 Å². The van der Waals surface area contributed by atoms with Gasteiger partial charge in [-0.2, -0.15) is 0 Å². The zero-order valence-electron chi connectivity index (χ0n) is 9.19. The minimum atomic E-state index is -2.87. The number of nitrogens with zero attached hydrogens (tertiary/aromatic N) is 2. The number of carbonyl (C=O) groups excluding carboxylic acids is 1. The normalized spacial score (nSPS) is 12.8. The molecule has 2 N–H and O–H groups in total. The van der Waals surface area contributed by atoms with Gasteiger partial charge < -0.3 is 10.4 Å². The fraction of sp³-hybridized carbons (Fsp3) is 0.667. The van der Waals surface area contributed by atoms with Crippen LogP contribution in [0.2, 0.25) is 0 Å². The summed E-state index contributed by atoms with van der Waals surface area (Å²) >= 11 is 0.915. The molecule has 5 nitrogen and oxygen atoms in total. The third kappa shape index (κ3) is 3.97. The molecule has 0 saturated carbocycles.